The van der Waals surface area contributed by atoms with E-state index in [9.17, 15) is 4.79 Å². The van der Waals surface area contributed by atoms with Crippen LogP contribution < -0.4 is 4.74 Å². The van der Waals surface area contributed by atoms with Gasteiger partial charge in [-0.1, -0.05) is 24.6 Å². The second kappa shape index (κ2) is 6.41. The van der Waals surface area contributed by atoms with Crippen molar-refractivity contribution in [3.8, 4) is 5.75 Å². The average Bonchev–Trinajstić information content (AvgIpc) is 3.35. The summed E-state index contributed by atoms with van der Waals surface area (Å²) in [5.74, 6) is 3.00. The van der Waals surface area contributed by atoms with Gasteiger partial charge in [0.15, 0.2) is 11.9 Å². The number of benzene rings is 1. The molecule has 3 aliphatic heterocycles. The zero-order valence-electron chi connectivity index (χ0n) is 14.9. The molecule has 0 unspecified atom stereocenters. The van der Waals surface area contributed by atoms with Crippen LogP contribution in [0, 0.1) is 0 Å². The first-order valence-electron chi connectivity index (χ1n) is 9.78. The lowest BCUT2D eigenvalue weighted by Crippen LogP contribution is -2.41. The van der Waals surface area contributed by atoms with E-state index in [1.54, 1.807) is 0 Å². The number of para-hydroxylation sites is 1. The third-order valence-electron chi connectivity index (χ3n) is 5.89. The highest BCUT2D eigenvalue weighted by Crippen LogP contribution is 2.35. The zero-order valence-corrected chi connectivity index (χ0v) is 14.9. The highest BCUT2D eigenvalue weighted by Gasteiger charge is 2.40. The van der Waals surface area contributed by atoms with Gasteiger partial charge in [-0.25, -0.2) is 0 Å². The van der Waals surface area contributed by atoms with Crippen LogP contribution in [-0.2, 0) is 24.2 Å². The minimum atomic E-state index is -0.403. The van der Waals surface area contributed by atoms with Gasteiger partial charge < -0.3 is 14.2 Å². The molecule has 0 spiro atoms. The third-order valence-corrected chi connectivity index (χ3v) is 5.89. The topological polar surface area (TPSA) is 60.2 Å². The maximum Gasteiger partial charge on any atom is 0.264 e. The molecule has 2 atom stereocenters. The molecule has 6 heteroatoms. The summed E-state index contributed by atoms with van der Waals surface area (Å²) in [7, 11) is 0. The lowest BCUT2D eigenvalue weighted by atomic mass is 10.1. The van der Waals surface area contributed by atoms with Crippen LogP contribution >= 0.6 is 0 Å². The van der Waals surface area contributed by atoms with Crippen LogP contribution in [0.3, 0.4) is 0 Å². The number of fused-ring (bicyclic) bond motifs is 2. The fourth-order valence-electron chi connectivity index (χ4n) is 4.56. The smallest absolute Gasteiger partial charge is 0.264 e. The van der Waals surface area contributed by atoms with Crippen LogP contribution in [0.2, 0.25) is 0 Å². The van der Waals surface area contributed by atoms with E-state index in [2.05, 4.69) is 14.8 Å². The lowest BCUT2D eigenvalue weighted by molar-refractivity contribution is -0.139. The molecule has 1 amide bonds. The van der Waals surface area contributed by atoms with Gasteiger partial charge in [0.2, 0.25) is 0 Å². The summed E-state index contributed by atoms with van der Waals surface area (Å²) in [5.41, 5.74) is 1.12. The van der Waals surface area contributed by atoms with Crippen LogP contribution in [0.15, 0.2) is 24.3 Å². The first-order chi connectivity index (χ1) is 12.8. The molecule has 5 rings (SSSR count). The van der Waals surface area contributed by atoms with Crippen molar-refractivity contribution in [2.45, 2.75) is 63.6 Å². The molecular formula is C20H24N4O2. The van der Waals surface area contributed by atoms with Crippen molar-refractivity contribution < 1.29 is 9.53 Å². The monoisotopic (exact) mass is 352 g/mol. The summed E-state index contributed by atoms with van der Waals surface area (Å²) in [6.45, 7) is 1.75. The summed E-state index contributed by atoms with van der Waals surface area (Å²) >= 11 is 0. The molecule has 4 heterocycles. The van der Waals surface area contributed by atoms with Gasteiger partial charge in [0.05, 0.1) is 6.04 Å². The van der Waals surface area contributed by atoms with Crippen LogP contribution in [0.5, 0.6) is 5.75 Å². The Balaban J connectivity index is 1.38. The number of aryl methyl sites for hydroxylation is 1. The fourth-order valence-corrected chi connectivity index (χ4v) is 4.56. The molecule has 1 aromatic carbocycles. The van der Waals surface area contributed by atoms with Crippen LogP contribution in [0.4, 0.5) is 0 Å². The Morgan fingerprint density at radius 3 is 2.92 bits per heavy atom. The summed E-state index contributed by atoms with van der Waals surface area (Å²) in [5, 5.41) is 8.93. The Morgan fingerprint density at radius 2 is 2.00 bits per heavy atom. The van der Waals surface area contributed by atoms with Gasteiger partial charge in [0, 0.05) is 25.9 Å². The van der Waals surface area contributed by atoms with Gasteiger partial charge in [-0.3, -0.25) is 4.79 Å². The van der Waals surface area contributed by atoms with Gasteiger partial charge >= 0.3 is 0 Å². The van der Waals surface area contributed by atoms with E-state index in [0.717, 1.165) is 55.3 Å². The Bertz CT molecular complexity index is 806. The van der Waals surface area contributed by atoms with Gasteiger partial charge in [-0.2, -0.15) is 0 Å². The van der Waals surface area contributed by atoms with E-state index in [-0.39, 0.29) is 11.9 Å². The van der Waals surface area contributed by atoms with Crippen molar-refractivity contribution in [1.29, 1.82) is 0 Å². The number of hydrogen-bond donors (Lipinski definition) is 0. The number of aromatic nitrogens is 3. The molecule has 0 aliphatic carbocycles. The SMILES string of the molecule is O=C([C@@H]1Cc2ccccc2O1)N1CCC[C@H]1c1nnc2n1CCCCC2. The second-order valence-electron chi connectivity index (χ2n) is 7.54. The highest BCUT2D eigenvalue weighted by atomic mass is 16.5. The molecular weight excluding hydrogens is 328 g/mol. The number of carbonyl (C=O) groups is 1. The molecule has 6 nitrogen and oxygen atoms in total. The van der Waals surface area contributed by atoms with Gasteiger partial charge in [-0.15, -0.1) is 10.2 Å². The molecule has 1 aromatic heterocycles. The normalized spacial score (nSPS) is 24.7. The van der Waals surface area contributed by atoms with Crippen molar-refractivity contribution in [2.24, 2.45) is 0 Å². The number of amides is 1. The van der Waals surface area contributed by atoms with E-state index in [4.69, 9.17) is 4.74 Å². The molecule has 26 heavy (non-hydrogen) atoms. The third kappa shape index (κ3) is 2.59. The number of carbonyl (C=O) groups excluding carboxylic acids is 1. The molecule has 0 N–H and O–H groups in total. The molecule has 1 fully saturated rings. The van der Waals surface area contributed by atoms with E-state index < -0.39 is 6.10 Å². The Morgan fingerprint density at radius 1 is 1.08 bits per heavy atom. The molecule has 0 radical (unpaired) electrons. The van der Waals surface area contributed by atoms with Crippen molar-refractivity contribution >= 4 is 5.91 Å². The summed E-state index contributed by atoms with van der Waals surface area (Å²) in [4.78, 5) is 15.2. The van der Waals surface area contributed by atoms with Crippen molar-refractivity contribution in [1.82, 2.24) is 19.7 Å². The van der Waals surface area contributed by atoms with Gasteiger partial charge in [-0.05, 0) is 37.3 Å². The number of rotatable bonds is 2. The largest absolute Gasteiger partial charge is 0.480 e. The molecule has 136 valence electrons. The molecule has 0 saturated carbocycles. The molecule has 3 aliphatic rings. The van der Waals surface area contributed by atoms with Crippen molar-refractivity contribution in [2.75, 3.05) is 6.54 Å². The Labute approximate surface area is 153 Å². The highest BCUT2D eigenvalue weighted by molar-refractivity contribution is 5.83. The maximum atomic E-state index is 13.2. The predicted octanol–water partition coefficient (Wildman–Crippen LogP) is 2.67. The standard InChI is InChI=1S/C20H24N4O2/c25-20(17-13-14-7-3-4-9-16(14)26-17)23-12-6-8-15(23)19-22-21-18-10-2-1-5-11-24(18)19/h3-4,7,9,15,17H,1-2,5-6,8,10-13H2/t15-,17-/m0/s1. The van der Waals surface area contributed by atoms with E-state index in [1.807, 2.05) is 29.2 Å². The summed E-state index contributed by atoms with van der Waals surface area (Å²) < 4.78 is 8.22. The van der Waals surface area contributed by atoms with Gasteiger partial charge in [0.1, 0.15) is 11.6 Å². The Kier molecular flexibility index (Phi) is 3.91. The second-order valence-corrected chi connectivity index (χ2v) is 7.54. The van der Waals surface area contributed by atoms with Crippen LogP contribution in [0.1, 0.15) is 55.4 Å². The lowest BCUT2D eigenvalue weighted by Gasteiger charge is -2.27. The maximum absolute atomic E-state index is 13.2. The Hall–Kier alpha value is -2.37. The summed E-state index contributed by atoms with van der Waals surface area (Å²) in [6.07, 6.45) is 6.82. The first kappa shape index (κ1) is 15.9. The molecule has 2 aromatic rings. The van der Waals surface area contributed by atoms with E-state index in [0.29, 0.717) is 6.42 Å². The number of likely N-dealkylation sites (tertiary alicyclic amines) is 1. The number of hydrogen-bond acceptors (Lipinski definition) is 4. The molecule has 0 bridgehead atoms. The number of nitrogens with zero attached hydrogens (tertiary/aromatic N) is 4. The van der Waals surface area contributed by atoms with Crippen LogP contribution in [-0.4, -0.2) is 38.2 Å². The zero-order chi connectivity index (χ0) is 17.5. The minimum Gasteiger partial charge on any atom is -0.480 e. The quantitative estimate of drug-likeness (QED) is 0.834. The van der Waals surface area contributed by atoms with Crippen LogP contribution in [0.25, 0.3) is 0 Å². The minimum absolute atomic E-state index is 0.0363. The molecule has 1 saturated heterocycles. The fraction of sp³-hybridized carbons (Fsp3) is 0.550. The first-order valence-corrected chi connectivity index (χ1v) is 9.78. The van der Waals surface area contributed by atoms with Crippen molar-refractivity contribution in [3.05, 3.63) is 41.5 Å². The average molecular weight is 352 g/mol. The summed E-state index contributed by atoms with van der Waals surface area (Å²) in [6, 6.07) is 7.98. The predicted molar refractivity (Wildman–Crippen MR) is 95.8 cm³/mol. The number of ether oxygens (including phenoxy) is 1. The van der Waals surface area contributed by atoms with E-state index in [1.165, 1.54) is 19.3 Å². The van der Waals surface area contributed by atoms with Gasteiger partial charge in [0.25, 0.3) is 5.91 Å². The van der Waals surface area contributed by atoms with E-state index >= 15 is 0 Å². The van der Waals surface area contributed by atoms with Crippen molar-refractivity contribution in [3.63, 3.8) is 0 Å².